The molecular weight excluding hydrogens is 410 g/mol. The van der Waals surface area contributed by atoms with Gasteiger partial charge in [-0.3, -0.25) is 25.7 Å². The molecule has 0 aliphatic rings. The maximum atomic E-state index is 11.2. The largest absolute Gasteiger partial charge is 0.308 e. The van der Waals surface area contributed by atoms with Crippen LogP contribution in [0, 0.1) is 20.2 Å². The minimum atomic E-state index is -0.673. The predicted molar refractivity (Wildman–Crippen MR) is 122 cm³/mol. The molecule has 0 aliphatic carbocycles. The number of hydrazine groups is 1. The number of anilines is 1. The first kappa shape index (κ1) is 22.2. The lowest BCUT2D eigenvalue weighted by atomic mass is 10.2. The second kappa shape index (κ2) is 11.0. The van der Waals surface area contributed by atoms with Crippen molar-refractivity contribution in [1.29, 1.82) is 0 Å². The quantitative estimate of drug-likeness (QED) is 0.212. The number of non-ortho nitro benzene ring substituents is 1. The first-order valence-corrected chi connectivity index (χ1v) is 9.79. The highest BCUT2D eigenvalue weighted by Crippen LogP contribution is 2.28. The van der Waals surface area contributed by atoms with E-state index in [4.69, 9.17) is 0 Å². The van der Waals surface area contributed by atoms with Gasteiger partial charge in [0.2, 0.25) is 0 Å². The number of allylic oxidation sites excluding steroid dienone is 1. The lowest BCUT2D eigenvalue weighted by Gasteiger charge is -2.06. The average molecular weight is 432 g/mol. The Bertz CT molecular complexity index is 1090. The SMILES string of the molecule is O=[N+]([O-])c1ccc(NN/C=C/C=[N+](Cc2ccccc2)Cc2ccccc2)c([N+](=O)[O-])c1. The topological polar surface area (TPSA) is 113 Å². The molecule has 0 aromatic heterocycles. The van der Waals surface area contributed by atoms with E-state index in [9.17, 15) is 20.2 Å². The molecule has 0 heterocycles. The summed E-state index contributed by atoms with van der Waals surface area (Å²) >= 11 is 0. The van der Waals surface area contributed by atoms with Gasteiger partial charge in [-0.15, -0.1) is 0 Å². The van der Waals surface area contributed by atoms with E-state index in [0.29, 0.717) is 13.1 Å². The summed E-state index contributed by atoms with van der Waals surface area (Å²) in [6, 6.07) is 23.6. The maximum Gasteiger partial charge on any atom is 0.300 e. The molecule has 3 rings (SSSR count). The van der Waals surface area contributed by atoms with Gasteiger partial charge >= 0.3 is 5.69 Å². The van der Waals surface area contributed by atoms with Gasteiger partial charge in [0.15, 0.2) is 19.3 Å². The zero-order valence-electron chi connectivity index (χ0n) is 17.1. The third kappa shape index (κ3) is 6.49. The molecule has 0 saturated carbocycles. The Kier molecular flexibility index (Phi) is 7.63. The molecule has 32 heavy (non-hydrogen) atoms. The molecule has 0 spiro atoms. The number of nitro groups is 2. The minimum Gasteiger partial charge on any atom is -0.308 e. The van der Waals surface area contributed by atoms with E-state index in [1.807, 2.05) is 42.6 Å². The Morgan fingerprint density at radius 1 is 0.781 bits per heavy atom. The summed E-state index contributed by atoms with van der Waals surface area (Å²) in [6.07, 6.45) is 5.28. The van der Waals surface area contributed by atoms with E-state index in [2.05, 4.69) is 39.7 Å². The Morgan fingerprint density at radius 2 is 1.38 bits per heavy atom. The van der Waals surface area contributed by atoms with Crippen LogP contribution in [0.4, 0.5) is 17.1 Å². The molecule has 0 unspecified atom stereocenters. The van der Waals surface area contributed by atoms with E-state index in [1.54, 1.807) is 12.3 Å². The van der Waals surface area contributed by atoms with Crippen molar-refractivity contribution >= 4 is 23.3 Å². The molecule has 0 saturated heterocycles. The van der Waals surface area contributed by atoms with Gasteiger partial charge < -0.3 is 5.43 Å². The summed E-state index contributed by atoms with van der Waals surface area (Å²) < 4.78 is 2.14. The van der Waals surface area contributed by atoms with Crippen molar-refractivity contribution in [3.8, 4) is 0 Å². The van der Waals surface area contributed by atoms with Gasteiger partial charge in [-0.2, -0.15) is 0 Å². The van der Waals surface area contributed by atoms with Crippen molar-refractivity contribution in [3.05, 3.63) is 122 Å². The third-order valence-electron chi connectivity index (χ3n) is 4.53. The molecule has 0 amide bonds. The fraction of sp³-hybridized carbons (Fsp3) is 0.0870. The molecule has 3 aromatic rings. The summed E-state index contributed by atoms with van der Waals surface area (Å²) in [5.41, 5.74) is 7.18. The van der Waals surface area contributed by atoms with E-state index >= 15 is 0 Å². The number of nitrogens with zero attached hydrogens (tertiary/aromatic N) is 3. The van der Waals surface area contributed by atoms with Crippen molar-refractivity contribution in [2.24, 2.45) is 0 Å². The van der Waals surface area contributed by atoms with Crippen molar-refractivity contribution < 1.29 is 14.4 Å². The fourth-order valence-electron chi connectivity index (χ4n) is 3.02. The zero-order chi connectivity index (χ0) is 22.8. The van der Waals surface area contributed by atoms with Crippen LogP contribution >= 0.6 is 0 Å². The van der Waals surface area contributed by atoms with Crippen molar-refractivity contribution in [3.63, 3.8) is 0 Å². The number of hydrogen-bond donors (Lipinski definition) is 2. The molecule has 9 heteroatoms. The molecule has 162 valence electrons. The molecule has 2 N–H and O–H groups in total. The van der Waals surface area contributed by atoms with Crippen molar-refractivity contribution in [2.75, 3.05) is 5.43 Å². The number of benzene rings is 3. The van der Waals surface area contributed by atoms with Gasteiger partial charge in [0.1, 0.15) is 5.69 Å². The summed E-state index contributed by atoms with van der Waals surface area (Å²) in [7, 11) is 0. The number of nitrogens with one attached hydrogen (secondary N) is 2. The number of nitro benzene ring substituents is 2. The fourth-order valence-corrected chi connectivity index (χ4v) is 3.02. The maximum absolute atomic E-state index is 11.2. The van der Waals surface area contributed by atoms with Gasteiger partial charge in [0.05, 0.1) is 15.9 Å². The van der Waals surface area contributed by atoms with Crippen LogP contribution in [-0.2, 0) is 13.1 Å². The van der Waals surface area contributed by atoms with Crippen molar-refractivity contribution in [1.82, 2.24) is 5.43 Å². The summed E-state index contributed by atoms with van der Waals surface area (Å²) in [5, 5.41) is 22.0. The van der Waals surface area contributed by atoms with Crippen LogP contribution < -0.4 is 10.9 Å². The Morgan fingerprint density at radius 3 is 1.91 bits per heavy atom. The van der Waals surface area contributed by atoms with Crippen molar-refractivity contribution in [2.45, 2.75) is 13.1 Å². The standard InChI is InChI=1S/C23H21N5O4/c29-27(30)21-12-13-22(23(16-21)28(31)32)25-24-14-7-15-26(17-19-8-3-1-4-9-19)18-20-10-5-2-6-11-20/h1-16,25H,17-18H2/p+1. The first-order chi connectivity index (χ1) is 15.5. The highest BCUT2D eigenvalue weighted by Gasteiger charge is 2.19. The van der Waals surface area contributed by atoms with Gasteiger partial charge in [-0.05, 0) is 6.07 Å². The van der Waals surface area contributed by atoms with Crippen LogP contribution in [0.15, 0.2) is 91.1 Å². The zero-order valence-corrected chi connectivity index (χ0v) is 17.1. The smallest absolute Gasteiger partial charge is 0.300 e. The van der Waals surface area contributed by atoms with Crippen LogP contribution in [0.2, 0.25) is 0 Å². The molecule has 9 nitrogen and oxygen atoms in total. The van der Waals surface area contributed by atoms with Crippen LogP contribution in [0.3, 0.4) is 0 Å². The monoisotopic (exact) mass is 432 g/mol. The van der Waals surface area contributed by atoms with E-state index in [1.165, 1.54) is 23.3 Å². The first-order valence-electron chi connectivity index (χ1n) is 9.79. The number of rotatable bonds is 10. The second-order valence-electron chi connectivity index (χ2n) is 6.87. The van der Waals surface area contributed by atoms with Crippen LogP contribution in [0.1, 0.15) is 11.1 Å². The van der Waals surface area contributed by atoms with E-state index in [0.717, 1.165) is 6.07 Å². The van der Waals surface area contributed by atoms with Crippen LogP contribution in [0.25, 0.3) is 0 Å². The van der Waals surface area contributed by atoms with Crippen LogP contribution in [0.5, 0.6) is 0 Å². The van der Waals surface area contributed by atoms with Gasteiger partial charge in [-0.1, -0.05) is 60.7 Å². The molecular formula is C23H22N5O4+. The van der Waals surface area contributed by atoms with Gasteiger partial charge in [0, 0.05) is 29.5 Å². The molecule has 3 aromatic carbocycles. The summed E-state index contributed by atoms with van der Waals surface area (Å²) in [5.74, 6) is 0. The average Bonchev–Trinajstić information content (AvgIpc) is 2.80. The van der Waals surface area contributed by atoms with Crippen LogP contribution in [-0.4, -0.2) is 20.6 Å². The molecule has 0 fully saturated rings. The van der Waals surface area contributed by atoms with Gasteiger partial charge in [-0.25, -0.2) is 4.58 Å². The highest BCUT2D eigenvalue weighted by atomic mass is 16.6. The lowest BCUT2D eigenvalue weighted by molar-refractivity contribution is -0.554. The normalized spacial score (nSPS) is 10.5. The summed E-state index contributed by atoms with van der Waals surface area (Å²) in [6.45, 7) is 1.42. The number of hydrogen-bond acceptors (Lipinski definition) is 6. The minimum absolute atomic E-state index is 0.121. The van der Waals surface area contributed by atoms with E-state index < -0.39 is 9.85 Å². The van der Waals surface area contributed by atoms with E-state index in [-0.39, 0.29) is 17.1 Å². The molecule has 0 atom stereocenters. The highest BCUT2D eigenvalue weighted by molar-refractivity contribution is 5.67. The molecule has 0 bridgehead atoms. The molecule has 0 radical (unpaired) electrons. The molecule has 0 aliphatic heterocycles. The third-order valence-corrected chi connectivity index (χ3v) is 4.53. The Labute approximate surface area is 184 Å². The summed E-state index contributed by atoms with van der Waals surface area (Å²) in [4.78, 5) is 20.7. The second-order valence-corrected chi connectivity index (χ2v) is 6.87. The lowest BCUT2D eigenvalue weighted by Crippen LogP contribution is -2.16. The Balaban J connectivity index is 1.69. The predicted octanol–water partition coefficient (Wildman–Crippen LogP) is 4.42. The van der Waals surface area contributed by atoms with Gasteiger partial charge in [0.25, 0.3) is 5.69 Å². The Hall–Kier alpha value is -4.53.